The highest BCUT2D eigenvalue weighted by Gasteiger charge is 2.28. The van der Waals surface area contributed by atoms with Crippen LogP contribution in [0.5, 0.6) is 0 Å². The number of hydrogen-bond donors (Lipinski definition) is 2. The Labute approximate surface area is 108 Å². The smallest absolute Gasteiger partial charge is 0.237 e. The van der Waals surface area contributed by atoms with Crippen molar-refractivity contribution in [3.63, 3.8) is 0 Å². The van der Waals surface area contributed by atoms with Gasteiger partial charge in [-0.1, -0.05) is 0 Å². The standard InChI is InChI=1S/C12H24N2O2S/c1-12(14-2,11(13)15)6-3-9-17-10-4-7-16-8-5-10/h10,14H,3-9H2,1-2H3,(H2,13,15). The molecular weight excluding hydrogens is 236 g/mol. The van der Waals surface area contributed by atoms with Gasteiger partial charge >= 0.3 is 0 Å². The first-order valence-electron chi connectivity index (χ1n) is 6.26. The predicted molar refractivity (Wildman–Crippen MR) is 72.2 cm³/mol. The van der Waals surface area contributed by atoms with Crippen LogP contribution in [-0.4, -0.2) is 42.7 Å². The van der Waals surface area contributed by atoms with Gasteiger partial charge in [0.1, 0.15) is 0 Å². The Hall–Kier alpha value is -0.260. The highest BCUT2D eigenvalue weighted by atomic mass is 32.2. The molecule has 1 amide bonds. The van der Waals surface area contributed by atoms with Crippen LogP contribution in [0.25, 0.3) is 0 Å². The number of carbonyl (C=O) groups excluding carboxylic acids is 1. The minimum atomic E-state index is -0.559. The highest BCUT2D eigenvalue weighted by Crippen LogP contribution is 2.24. The second kappa shape index (κ2) is 7.24. The van der Waals surface area contributed by atoms with Gasteiger partial charge < -0.3 is 15.8 Å². The van der Waals surface area contributed by atoms with Crippen LogP contribution >= 0.6 is 11.8 Å². The van der Waals surface area contributed by atoms with Crippen LogP contribution in [0.15, 0.2) is 0 Å². The first-order chi connectivity index (χ1) is 8.08. The fraction of sp³-hybridized carbons (Fsp3) is 0.917. The number of nitrogens with two attached hydrogens (primary N) is 1. The van der Waals surface area contributed by atoms with Crippen molar-refractivity contribution in [2.75, 3.05) is 26.0 Å². The summed E-state index contributed by atoms with van der Waals surface area (Å²) in [5.41, 5.74) is 4.82. The topological polar surface area (TPSA) is 64.3 Å². The number of rotatable bonds is 7. The lowest BCUT2D eigenvalue weighted by atomic mass is 9.96. The molecule has 17 heavy (non-hydrogen) atoms. The van der Waals surface area contributed by atoms with E-state index in [0.29, 0.717) is 0 Å². The molecule has 3 N–H and O–H groups in total. The molecule has 1 heterocycles. The van der Waals surface area contributed by atoms with Crippen molar-refractivity contribution in [2.24, 2.45) is 5.73 Å². The van der Waals surface area contributed by atoms with Gasteiger partial charge in [-0.2, -0.15) is 11.8 Å². The van der Waals surface area contributed by atoms with E-state index >= 15 is 0 Å². The molecule has 1 atom stereocenters. The lowest BCUT2D eigenvalue weighted by Crippen LogP contribution is -2.51. The second-order valence-electron chi connectivity index (χ2n) is 4.73. The molecule has 0 bridgehead atoms. The van der Waals surface area contributed by atoms with Crippen LogP contribution in [-0.2, 0) is 9.53 Å². The lowest BCUT2D eigenvalue weighted by Gasteiger charge is -2.26. The number of nitrogens with one attached hydrogen (secondary N) is 1. The van der Waals surface area contributed by atoms with Gasteiger partial charge in [0.2, 0.25) is 5.91 Å². The molecule has 0 aromatic rings. The SMILES string of the molecule is CNC(C)(CCCSC1CCOCC1)C(N)=O. The molecule has 1 unspecified atom stereocenters. The third-order valence-corrected chi connectivity index (χ3v) is 4.91. The molecule has 0 spiro atoms. The molecule has 5 heteroatoms. The maximum atomic E-state index is 11.3. The summed E-state index contributed by atoms with van der Waals surface area (Å²) in [6.45, 7) is 3.66. The molecule has 1 aliphatic heterocycles. The Morgan fingerprint density at radius 2 is 2.18 bits per heavy atom. The summed E-state index contributed by atoms with van der Waals surface area (Å²) in [7, 11) is 1.79. The Morgan fingerprint density at radius 3 is 2.71 bits per heavy atom. The molecule has 0 aromatic carbocycles. The minimum absolute atomic E-state index is 0.268. The van der Waals surface area contributed by atoms with Gasteiger partial charge in [0, 0.05) is 18.5 Å². The Morgan fingerprint density at radius 1 is 1.53 bits per heavy atom. The van der Waals surface area contributed by atoms with E-state index in [1.165, 1.54) is 0 Å². The van der Waals surface area contributed by atoms with Gasteiger partial charge in [-0.25, -0.2) is 0 Å². The van der Waals surface area contributed by atoms with E-state index in [9.17, 15) is 4.79 Å². The van der Waals surface area contributed by atoms with Crippen molar-refractivity contribution >= 4 is 17.7 Å². The normalized spacial score (nSPS) is 21.1. The number of amides is 1. The van der Waals surface area contributed by atoms with E-state index in [1.807, 2.05) is 18.7 Å². The molecule has 1 fully saturated rings. The predicted octanol–water partition coefficient (Wildman–Crippen LogP) is 1.14. The molecule has 4 nitrogen and oxygen atoms in total. The van der Waals surface area contributed by atoms with Crippen molar-refractivity contribution in [1.29, 1.82) is 0 Å². The fourth-order valence-corrected chi connectivity index (χ4v) is 3.06. The first kappa shape index (κ1) is 14.8. The third kappa shape index (κ3) is 4.85. The number of ether oxygens (including phenoxy) is 1. The molecule has 0 saturated carbocycles. The van der Waals surface area contributed by atoms with Crippen molar-refractivity contribution in [1.82, 2.24) is 5.32 Å². The fourth-order valence-electron chi connectivity index (χ4n) is 1.89. The number of hydrogen-bond acceptors (Lipinski definition) is 4. The molecule has 100 valence electrons. The van der Waals surface area contributed by atoms with E-state index in [0.717, 1.165) is 49.9 Å². The molecule has 0 radical (unpaired) electrons. The second-order valence-corrected chi connectivity index (χ2v) is 6.14. The number of carbonyl (C=O) groups is 1. The molecule has 1 saturated heterocycles. The van der Waals surface area contributed by atoms with Crippen LogP contribution in [0.2, 0.25) is 0 Å². The zero-order valence-corrected chi connectivity index (χ0v) is 11.6. The maximum Gasteiger partial charge on any atom is 0.237 e. The van der Waals surface area contributed by atoms with Crippen LogP contribution in [0.1, 0.15) is 32.6 Å². The molecule has 0 aromatic heterocycles. The van der Waals surface area contributed by atoms with Gasteiger partial charge in [-0.3, -0.25) is 4.79 Å². The van der Waals surface area contributed by atoms with Gasteiger partial charge in [0.25, 0.3) is 0 Å². The van der Waals surface area contributed by atoms with E-state index in [1.54, 1.807) is 7.05 Å². The minimum Gasteiger partial charge on any atom is -0.381 e. The van der Waals surface area contributed by atoms with Gasteiger partial charge in [-0.05, 0) is 45.4 Å². The maximum absolute atomic E-state index is 11.3. The van der Waals surface area contributed by atoms with Crippen molar-refractivity contribution in [3.05, 3.63) is 0 Å². The summed E-state index contributed by atoms with van der Waals surface area (Å²) in [6.07, 6.45) is 4.13. The molecule has 1 aliphatic rings. The lowest BCUT2D eigenvalue weighted by molar-refractivity contribution is -0.123. The quantitative estimate of drug-likeness (QED) is 0.674. The molecule has 1 rings (SSSR count). The van der Waals surface area contributed by atoms with Crippen molar-refractivity contribution < 1.29 is 9.53 Å². The Kier molecular flexibility index (Phi) is 6.30. The number of primary amides is 1. The highest BCUT2D eigenvalue weighted by molar-refractivity contribution is 7.99. The van der Waals surface area contributed by atoms with Crippen molar-refractivity contribution in [3.8, 4) is 0 Å². The van der Waals surface area contributed by atoms with Crippen molar-refractivity contribution in [2.45, 2.75) is 43.4 Å². The monoisotopic (exact) mass is 260 g/mol. The van der Waals surface area contributed by atoms with E-state index in [4.69, 9.17) is 10.5 Å². The van der Waals surface area contributed by atoms with E-state index < -0.39 is 5.54 Å². The average molecular weight is 260 g/mol. The van der Waals surface area contributed by atoms with Crippen LogP contribution < -0.4 is 11.1 Å². The van der Waals surface area contributed by atoms with E-state index in [-0.39, 0.29) is 5.91 Å². The van der Waals surface area contributed by atoms with Crippen LogP contribution in [0, 0.1) is 0 Å². The summed E-state index contributed by atoms with van der Waals surface area (Å²) in [5.74, 6) is 0.825. The summed E-state index contributed by atoms with van der Waals surface area (Å²) in [5, 5.41) is 3.75. The first-order valence-corrected chi connectivity index (χ1v) is 7.31. The molecular formula is C12H24N2O2S. The molecule has 0 aliphatic carbocycles. The average Bonchev–Trinajstić information content (AvgIpc) is 2.35. The summed E-state index contributed by atoms with van der Waals surface area (Å²) in [4.78, 5) is 11.3. The van der Waals surface area contributed by atoms with Gasteiger partial charge in [0.15, 0.2) is 0 Å². The summed E-state index contributed by atoms with van der Waals surface area (Å²) >= 11 is 2.00. The number of thioether (sulfide) groups is 1. The van der Waals surface area contributed by atoms with Crippen LogP contribution in [0.3, 0.4) is 0 Å². The zero-order chi connectivity index (χ0) is 12.7. The summed E-state index contributed by atoms with van der Waals surface area (Å²) < 4.78 is 5.32. The van der Waals surface area contributed by atoms with E-state index in [2.05, 4.69) is 5.32 Å². The largest absolute Gasteiger partial charge is 0.381 e. The van der Waals surface area contributed by atoms with Gasteiger partial charge in [0.05, 0.1) is 5.54 Å². The number of likely N-dealkylation sites (N-methyl/N-ethyl adjacent to an activating group) is 1. The van der Waals surface area contributed by atoms with Gasteiger partial charge in [-0.15, -0.1) is 0 Å². The Balaban J connectivity index is 2.16. The summed E-state index contributed by atoms with van der Waals surface area (Å²) in [6, 6.07) is 0. The Bertz CT molecular complexity index is 245. The zero-order valence-electron chi connectivity index (χ0n) is 10.8. The third-order valence-electron chi connectivity index (χ3n) is 3.44. The van der Waals surface area contributed by atoms with Crippen LogP contribution in [0.4, 0.5) is 0 Å².